The van der Waals surface area contributed by atoms with E-state index in [1.165, 1.54) is 18.2 Å². The number of carbonyl (C=O) groups excluding carboxylic acids is 2. The third-order valence-corrected chi connectivity index (χ3v) is 4.68. The smallest absolute Gasteiger partial charge is 0.261 e. The van der Waals surface area contributed by atoms with E-state index < -0.39 is 24.0 Å². The molecule has 0 bridgehead atoms. The van der Waals surface area contributed by atoms with Gasteiger partial charge >= 0.3 is 0 Å². The number of β-amino-alcohol motifs (C(OH)–C–C–N with tert-alkyl or cyclic N) is 1. The first-order valence-corrected chi connectivity index (χ1v) is 8.13. The Balaban J connectivity index is 1.48. The van der Waals surface area contributed by atoms with Gasteiger partial charge in [0.05, 0.1) is 17.7 Å². The molecule has 2 aromatic rings. The van der Waals surface area contributed by atoms with Crippen LogP contribution in [0.25, 0.3) is 0 Å². The number of ether oxygens (including phenoxy) is 1. The van der Waals surface area contributed by atoms with E-state index in [2.05, 4.69) is 0 Å². The van der Waals surface area contributed by atoms with Crippen LogP contribution in [0.2, 0.25) is 0 Å². The van der Waals surface area contributed by atoms with Crippen LogP contribution >= 0.6 is 0 Å². The van der Waals surface area contributed by atoms with Crippen LogP contribution in [0.15, 0.2) is 42.5 Å². The number of nitrogens with zero attached hydrogens (tertiary/aromatic N) is 1. The fourth-order valence-electron chi connectivity index (χ4n) is 3.36. The third kappa shape index (κ3) is 2.68. The Morgan fingerprint density at radius 3 is 2.52 bits per heavy atom. The van der Waals surface area contributed by atoms with Gasteiger partial charge in [0.1, 0.15) is 23.8 Å². The predicted octanol–water partition coefficient (Wildman–Crippen LogP) is 2.18. The summed E-state index contributed by atoms with van der Waals surface area (Å²) >= 11 is 0. The van der Waals surface area contributed by atoms with Crippen molar-refractivity contribution in [1.29, 1.82) is 0 Å². The van der Waals surface area contributed by atoms with Gasteiger partial charge < -0.3 is 9.84 Å². The number of fused-ring (bicyclic) bond motifs is 2. The highest BCUT2D eigenvalue weighted by Gasteiger charge is 2.38. The maximum absolute atomic E-state index is 13.3. The Bertz CT molecular complexity index is 831. The largest absolute Gasteiger partial charge is 0.487 e. The van der Waals surface area contributed by atoms with E-state index in [0.29, 0.717) is 29.7 Å². The van der Waals surface area contributed by atoms with Crippen LogP contribution in [0.4, 0.5) is 4.39 Å². The molecule has 2 aliphatic heterocycles. The lowest BCUT2D eigenvalue weighted by molar-refractivity contribution is 0.00552. The predicted molar refractivity (Wildman–Crippen MR) is 87.0 cm³/mol. The van der Waals surface area contributed by atoms with Crippen molar-refractivity contribution in [3.63, 3.8) is 0 Å². The Morgan fingerprint density at radius 2 is 1.84 bits per heavy atom. The van der Waals surface area contributed by atoms with Crippen molar-refractivity contribution in [1.82, 2.24) is 4.90 Å². The average Bonchev–Trinajstić information content (AvgIpc) is 2.86. The van der Waals surface area contributed by atoms with Gasteiger partial charge in [0, 0.05) is 0 Å². The third-order valence-electron chi connectivity index (χ3n) is 4.68. The van der Waals surface area contributed by atoms with Gasteiger partial charge in [-0.1, -0.05) is 12.1 Å². The van der Waals surface area contributed by atoms with Crippen LogP contribution in [0.1, 0.15) is 32.7 Å². The Hall–Kier alpha value is -2.73. The van der Waals surface area contributed by atoms with Crippen molar-refractivity contribution in [2.24, 2.45) is 0 Å². The van der Waals surface area contributed by atoms with Crippen LogP contribution in [0.3, 0.4) is 0 Å². The summed E-state index contributed by atoms with van der Waals surface area (Å²) in [5, 5.41) is 10.5. The summed E-state index contributed by atoms with van der Waals surface area (Å²) in [6, 6.07) is 10.9. The van der Waals surface area contributed by atoms with Crippen LogP contribution < -0.4 is 4.74 Å². The lowest BCUT2D eigenvalue weighted by Gasteiger charge is -2.31. The van der Waals surface area contributed by atoms with Gasteiger partial charge in [-0.3, -0.25) is 14.5 Å². The molecular weight excluding hydrogens is 325 g/mol. The number of amides is 2. The molecule has 128 valence electrons. The molecule has 2 amide bonds. The van der Waals surface area contributed by atoms with Crippen molar-refractivity contribution < 1.29 is 23.8 Å². The van der Waals surface area contributed by atoms with E-state index >= 15 is 0 Å². The van der Waals surface area contributed by atoms with E-state index in [-0.39, 0.29) is 12.4 Å². The molecule has 0 aromatic heterocycles. The van der Waals surface area contributed by atoms with Crippen molar-refractivity contribution in [3.05, 3.63) is 65.0 Å². The standard InChI is InChI=1S/C19H16FNO4/c20-12-6-8-16-11(9-12)5-7-17(25-16)15(22)10-21-18(23)13-3-1-2-4-14(13)19(21)24/h1-4,6,8-9,15,17,22H,5,7,10H2/t15-,17-/m0/s1. The van der Waals surface area contributed by atoms with Crippen LogP contribution in [-0.4, -0.2) is 40.6 Å². The van der Waals surface area contributed by atoms with Gasteiger partial charge in [-0.25, -0.2) is 4.39 Å². The first-order chi connectivity index (χ1) is 12.0. The summed E-state index contributed by atoms with van der Waals surface area (Å²) in [6.45, 7) is -0.131. The average molecular weight is 341 g/mol. The molecule has 0 saturated heterocycles. The molecule has 25 heavy (non-hydrogen) atoms. The number of carbonyl (C=O) groups is 2. The molecular formula is C19H16FNO4. The summed E-state index contributed by atoms with van der Waals surface area (Å²) < 4.78 is 19.0. The zero-order valence-electron chi connectivity index (χ0n) is 13.3. The van der Waals surface area contributed by atoms with Crippen LogP contribution in [-0.2, 0) is 6.42 Å². The van der Waals surface area contributed by atoms with Crippen molar-refractivity contribution >= 4 is 11.8 Å². The Labute approximate surface area is 143 Å². The minimum Gasteiger partial charge on any atom is -0.487 e. The summed E-state index contributed by atoms with van der Waals surface area (Å²) in [5.41, 5.74) is 1.46. The first kappa shape index (κ1) is 15.8. The van der Waals surface area contributed by atoms with E-state index in [1.807, 2.05) is 0 Å². The first-order valence-electron chi connectivity index (χ1n) is 8.13. The monoisotopic (exact) mass is 341 g/mol. The molecule has 0 saturated carbocycles. The van der Waals surface area contributed by atoms with Gasteiger partial charge in [0.2, 0.25) is 0 Å². The van der Waals surface area contributed by atoms with Crippen LogP contribution in [0.5, 0.6) is 5.75 Å². The van der Waals surface area contributed by atoms with Crippen molar-refractivity contribution in [2.75, 3.05) is 6.54 Å². The highest BCUT2D eigenvalue weighted by atomic mass is 19.1. The summed E-state index contributed by atoms with van der Waals surface area (Å²) in [5.74, 6) is -0.609. The van der Waals surface area contributed by atoms with E-state index in [1.54, 1.807) is 24.3 Å². The maximum Gasteiger partial charge on any atom is 0.261 e. The Kier molecular flexibility index (Phi) is 3.77. The molecule has 0 unspecified atom stereocenters. The molecule has 2 aromatic carbocycles. The summed E-state index contributed by atoms with van der Waals surface area (Å²) in [4.78, 5) is 25.8. The zero-order valence-corrected chi connectivity index (χ0v) is 13.3. The summed E-state index contributed by atoms with van der Waals surface area (Å²) in [6.07, 6.45) is -0.514. The zero-order chi connectivity index (χ0) is 17.6. The van der Waals surface area contributed by atoms with Gasteiger partial charge in [0.25, 0.3) is 11.8 Å². The van der Waals surface area contributed by atoms with E-state index in [4.69, 9.17) is 4.74 Å². The Morgan fingerprint density at radius 1 is 1.16 bits per heavy atom. The number of aryl methyl sites for hydroxylation is 1. The SMILES string of the molecule is O=C1c2ccccc2C(=O)N1C[C@H](O)[C@@H]1CCc2cc(F)ccc2O1. The number of halogens is 1. The second-order valence-corrected chi connectivity index (χ2v) is 6.28. The molecule has 6 heteroatoms. The van der Waals surface area contributed by atoms with Crippen molar-refractivity contribution in [2.45, 2.75) is 25.0 Å². The quantitative estimate of drug-likeness (QED) is 0.869. The van der Waals surface area contributed by atoms with Gasteiger partial charge in [-0.05, 0) is 48.7 Å². The fraction of sp³-hybridized carbons (Fsp3) is 0.263. The van der Waals surface area contributed by atoms with E-state index in [9.17, 15) is 19.1 Å². The molecule has 2 aliphatic rings. The normalized spacial score (nSPS) is 20.1. The lowest BCUT2D eigenvalue weighted by atomic mass is 9.98. The van der Waals surface area contributed by atoms with E-state index in [0.717, 1.165) is 10.5 Å². The second-order valence-electron chi connectivity index (χ2n) is 6.28. The maximum atomic E-state index is 13.3. The van der Waals surface area contributed by atoms with Gasteiger partial charge in [-0.15, -0.1) is 0 Å². The molecule has 0 fully saturated rings. The molecule has 0 aliphatic carbocycles. The van der Waals surface area contributed by atoms with Crippen LogP contribution in [0, 0.1) is 5.82 Å². The molecule has 0 radical (unpaired) electrons. The number of aliphatic hydroxyl groups excluding tert-OH is 1. The van der Waals surface area contributed by atoms with Crippen molar-refractivity contribution in [3.8, 4) is 5.75 Å². The number of imide groups is 1. The molecule has 0 spiro atoms. The molecule has 1 N–H and O–H groups in total. The number of hydrogen-bond donors (Lipinski definition) is 1. The summed E-state index contributed by atoms with van der Waals surface area (Å²) in [7, 11) is 0. The number of aliphatic hydroxyl groups is 1. The highest BCUT2D eigenvalue weighted by Crippen LogP contribution is 2.30. The lowest BCUT2D eigenvalue weighted by Crippen LogP contribution is -2.45. The number of benzene rings is 2. The van der Waals surface area contributed by atoms with Gasteiger partial charge in [0.15, 0.2) is 0 Å². The second kappa shape index (κ2) is 5.97. The molecule has 5 nitrogen and oxygen atoms in total. The molecule has 2 heterocycles. The molecule has 4 rings (SSSR count). The minimum absolute atomic E-state index is 0.131. The topological polar surface area (TPSA) is 66.8 Å². The fourth-order valence-corrected chi connectivity index (χ4v) is 3.36. The number of hydrogen-bond acceptors (Lipinski definition) is 4. The number of rotatable bonds is 3. The van der Waals surface area contributed by atoms with Gasteiger partial charge in [-0.2, -0.15) is 0 Å². The molecule has 2 atom stereocenters. The highest BCUT2D eigenvalue weighted by molar-refractivity contribution is 6.21. The minimum atomic E-state index is -1.01.